The summed E-state index contributed by atoms with van der Waals surface area (Å²) >= 11 is 1.78. The van der Waals surface area contributed by atoms with Gasteiger partial charge in [-0.2, -0.15) is 0 Å². The van der Waals surface area contributed by atoms with Crippen LogP contribution in [-0.4, -0.2) is 12.5 Å². The van der Waals surface area contributed by atoms with Crippen molar-refractivity contribution >= 4 is 22.9 Å². The molecule has 2 N–H and O–H groups in total. The van der Waals surface area contributed by atoms with Crippen LogP contribution < -0.4 is 10.6 Å². The van der Waals surface area contributed by atoms with Crippen LogP contribution in [0.3, 0.4) is 0 Å². The van der Waals surface area contributed by atoms with Crippen molar-refractivity contribution in [3.8, 4) is 0 Å². The van der Waals surface area contributed by atoms with E-state index in [1.807, 2.05) is 24.3 Å². The maximum Gasteiger partial charge on any atom is 0.227 e. The molecule has 0 saturated heterocycles. The van der Waals surface area contributed by atoms with Gasteiger partial charge in [0.05, 0.1) is 12.5 Å². The van der Waals surface area contributed by atoms with Crippen molar-refractivity contribution in [3.63, 3.8) is 0 Å². The summed E-state index contributed by atoms with van der Waals surface area (Å²) in [4.78, 5) is 15.1. The second kappa shape index (κ2) is 6.31. The normalized spacial score (nSPS) is 16.9. The molecule has 0 saturated carbocycles. The number of carbonyl (C=O) groups excluding carboxylic acids is 1. The van der Waals surface area contributed by atoms with Gasteiger partial charge in [-0.25, -0.2) is 0 Å². The Morgan fingerprint density at radius 3 is 2.90 bits per heavy atom. The molecule has 0 bridgehead atoms. The maximum absolute atomic E-state index is 12.5. The zero-order valence-electron chi connectivity index (χ0n) is 12.2. The molecule has 110 valence electrons. The first-order chi connectivity index (χ1) is 10.3. The third kappa shape index (κ3) is 3.10. The minimum absolute atomic E-state index is 0.0342. The average molecular weight is 300 g/mol. The summed E-state index contributed by atoms with van der Waals surface area (Å²) < 4.78 is 0. The molecule has 0 aliphatic carbocycles. The maximum atomic E-state index is 12.5. The van der Waals surface area contributed by atoms with E-state index in [2.05, 4.69) is 29.7 Å². The number of nitrogens with one attached hydrogen (secondary N) is 2. The monoisotopic (exact) mass is 300 g/mol. The Labute approximate surface area is 129 Å². The molecule has 1 atom stereocenters. The highest BCUT2D eigenvalue weighted by molar-refractivity contribution is 7.11. The SMILES string of the molecule is CCc1ccc(CNC(=O)C2CCNc3ccccc32)s1. The third-order valence-corrected chi connectivity index (χ3v) is 5.13. The zero-order chi connectivity index (χ0) is 14.7. The third-order valence-electron chi connectivity index (χ3n) is 3.90. The minimum atomic E-state index is -0.0342. The van der Waals surface area contributed by atoms with E-state index in [1.165, 1.54) is 9.75 Å². The highest BCUT2D eigenvalue weighted by Crippen LogP contribution is 2.31. The van der Waals surface area contributed by atoms with Crippen molar-refractivity contribution in [1.29, 1.82) is 0 Å². The summed E-state index contributed by atoms with van der Waals surface area (Å²) in [6, 6.07) is 12.3. The molecule has 1 aliphatic heterocycles. The smallest absolute Gasteiger partial charge is 0.227 e. The van der Waals surface area contributed by atoms with Crippen LogP contribution in [0, 0.1) is 0 Å². The van der Waals surface area contributed by atoms with Crippen LogP contribution in [0.2, 0.25) is 0 Å². The van der Waals surface area contributed by atoms with Crippen molar-refractivity contribution in [2.24, 2.45) is 0 Å². The average Bonchev–Trinajstić information content (AvgIpc) is 3.00. The molecular formula is C17H20N2OS. The van der Waals surface area contributed by atoms with Gasteiger partial charge in [0.15, 0.2) is 0 Å². The van der Waals surface area contributed by atoms with E-state index in [4.69, 9.17) is 0 Å². The molecule has 1 amide bonds. The summed E-state index contributed by atoms with van der Waals surface area (Å²) in [5.41, 5.74) is 2.20. The number of hydrogen-bond donors (Lipinski definition) is 2. The molecule has 3 nitrogen and oxygen atoms in total. The molecule has 2 aromatic rings. The number of benzene rings is 1. The first kappa shape index (κ1) is 14.1. The van der Waals surface area contributed by atoms with Crippen LogP contribution in [0.25, 0.3) is 0 Å². The fourth-order valence-corrected chi connectivity index (χ4v) is 3.64. The predicted octanol–water partition coefficient (Wildman–Crippen LogP) is 3.53. The Bertz CT molecular complexity index is 635. The first-order valence-corrected chi connectivity index (χ1v) is 8.27. The number of rotatable bonds is 4. The van der Waals surface area contributed by atoms with E-state index in [0.29, 0.717) is 6.54 Å². The molecule has 1 aliphatic rings. The number of para-hydroxylation sites is 1. The van der Waals surface area contributed by atoms with Gasteiger partial charge in [-0.1, -0.05) is 25.1 Å². The van der Waals surface area contributed by atoms with Gasteiger partial charge in [0.2, 0.25) is 5.91 Å². The van der Waals surface area contributed by atoms with Crippen molar-refractivity contribution in [1.82, 2.24) is 5.32 Å². The molecule has 1 unspecified atom stereocenters. The van der Waals surface area contributed by atoms with E-state index < -0.39 is 0 Å². The van der Waals surface area contributed by atoms with E-state index >= 15 is 0 Å². The highest BCUT2D eigenvalue weighted by atomic mass is 32.1. The molecule has 1 aromatic carbocycles. The summed E-state index contributed by atoms with van der Waals surface area (Å²) in [6.07, 6.45) is 1.91. The standard InChI is InChI=1S/C17H20N2OS/c1-2-12-7-8-13(21-12)11-19-17(20)15-9-10-18-16-6-4-3-5-14(15)16/h3-8,15,18H,2,9-11H2,1H3,(H,19,20). The van der Waals surface area contributed by atoms with E-state index in [1.54, 1.807) is 11.3 Å². The quantitative estimate of drug-likeness (QED) is 0.907. The second-order valence-electron chi connectivity index (χ2n) is 5.29. The van der Waals surface area contributed by atoms with Crippen LogP contribution in [0.15, 0.2) is 36.4 Å². The van der Waals surface area contributed by atoms with Gasteiger partial charge >= 0.3 is 0 Å². The van der Waals surface area contributed by atoms with Crippen LogP contribution >= 0.6 is 11.3 Å². The van der Waals surface area contributed by atoms with Gasteiger partial charge in [0, 0.05) is 22.0 Å². The molecule has 2 heterocycles. The summed E-state index contributed by atoms with van der Waals surface area (Å²) in [5, 5.41) is 6.44. The Kier molecular flexibility index (Phi) is 4.25. The Balaban J connectivity index is 1.66. The summed E-state index contributed by atoms with van der Waals surface area (Å²) in [7, 11) is 0. The van der Waals surface area contributed by atoms with Gasteiger partial charge in [-0.05, 0) is 36.6 Å². The Morgan fingerprint density at radius 1 is 1.29 bits per heavy atom. The lowest BCUT2D eigenvalue weighted by Crippen LogP contribution is -2.32. The summed E-state index contributed by atoms with van der Waals surface area (Å²) in [6.45, 7) is 3.64. The Hall–Kier alpha value is -1.81. The number of anilines is 1. The summed E-state index contributed by atoms with van der Waals surface area (Å²) in [5.74, 6) is 0.100. The highest BCUT2D eigenvalue weighted by Gasteiger charge is 2.25. The zero-order valence-corrected chi connectivity index (χ0v) is 13.0. The van der Waals surface area contributed by atoms with Gasteiger partial charge < -0.3 is 10.6 Å². The van der Waals surface area contributed by atoms with Crippen LogP contribution in [0.5, 0.6) is 0 Å². The van der Waals surface area contributed by atoms with Gasteiger partial charge in [0.25, 0.3) is 0 Å². The van der Waals surface area contributed by atoms with Crippen LogP contribution in [0.1, 0.15) is 34.6 Å². The number of carbonyl (C=O) groups is 1. The Morgan fingerprint density at radius 2 is 2.10 bits per heavy atom. The van der Waals surface area contributed by atoms with Crippen molar-refractivity contribution in [2.45, 2.75) is 32.2 Å². The van der Waals surface area contributed by atoms with E-state index in [-0.39, 0.29) is 11.8 Å². The molecule has 4 heteroatoms. The molecule has 3 rings (SSSR count). The van der Waals surface area contributed by atoms with Crippen LogP contribution in [0.4, 0.5) is 5.69 Å². The van der Waals surface area contributed by atoms with Crippen molar-refractivity contribution in [2.75, 3.05) is 11.9 Å². The van der Waals surface area contributed by atoms with E-state index in [9.17, 15) is 4.79 Å². The van der Waals surface area contributed by atoms with Crippen LogP contribution in [-0.2, 0) is 17.8 Å². The second-order valence-corrected chi connectivity index (χ2v) is 6.55. The van der Waals surface area contributed by atoms with Gasteiger partial charge in [0.1, 0.15) is 0 Å². The topological polar surface area (TPSA) is 41.1 Å². The van der Waals surface area contributed by atoms with Gasteiger partial charge in [-0.3, -0.25) is 4.79 Å². The van der Waals surface area contributed by atoms with Gasteiger partial charge in [-0.15, -0.1) is 11.3 Å². The number of hydrogen-bond acceptors (Lipinski definition) is 3. The fraction of sp³-hybridized carbons (Fsp3) is 0.353. The van der Waals surface area contributed by atoms with Crippen molar-refractivity contribution < 1.29 is 4.79 Å². The molecule has 1 aromatic heterocycles. The lowest BCUT2D eigenvalue weighted by Gasteiger charge is -2.25. The lowest BCUT2D eigenvalue weighted by atomic mass is 9.90. The molecule has 21 heavy (non-hydrogen) atoms. The lowest BCUT2D eigenvalue weighted by molar-refractivity contribution is -0.122. The number of thiophene rings is 1. The predicted molar refractivity (Wildman–Crippen MR) is 87.8 cm³/mol. The molecule has 0 radical (unpaired) electrons. The largest absolute Gasteiger partial charge is 0.385 e. The number of amides is 1. The molecular weight excluding hydrogens is 280 g/mol. The minimum Gasteiger partial charge on any atom is -0.385 e. The molecule has 0 spiro atoms. The fourth-order valence-electron chi connectivity index (χ4n) is 2.75. The number of fused-ring (bicyclic) bond motifs is 1. The first-order valence-electron chi connectivity index (χ1n) is 7.46. The van der Waals surface area contributed by atoms with E-state index in [0.717, 1.165) is 30.6 Å². The molecule has 0 fully saturated rings. The number of aryl methyl sites for hydroxylation is 1. The van der Waals surface area contributed by atoms with Crippen molar-refractivity contribution in [3.05, 3.63) is 51.7 Å².